The average molecular weight is 1730 g/mol. The summed E-state index contributed by atoms with van der Waals surface area (Å²) in [7, 11) is 4.03. The van der Waals surface area contributed by atoms with Gasteiger partial charge >= 0.3 is 23.9 Å². The van der Waals surface area contributed by atoms with E-state index in [2.05, 4.69) is 19.1 Å². The van der Waals surface area contributed by atoms with Crippen LogP contribution in [0.5, 0.6) is 0 Å². The minimum atomic E-state index is -1.66. The van der Waals surface area contributed by atoms with Crippen LogP contribution in [0.2, 0.25) is 0 Å². The van der Waals surface area contributed by atoms with Crippen LogP contribution in [0.15, 0.2) is 121 Å². The number of hydrogen-bond donors (Lipinski definition) is 1. The van der Waals surface area contributed by atoms with Crippen LogP contribution in [0, 0.1) is 17.8 Å². The van der Waals surface area contributed by atoms with Crippen molar-refractivity contribution < 1.29 is 143 Å². The zero-order valence-corrected chi connectivity index (χ0v) is 73.7. The van der Waals surface area contributed by atoms with Gasteiger partial charge in [-0.15, -0.1) is 0 Å². The smallest absolute Gasteiger partial charge is 0.338 e. The first kappa shape index (κ1) is 98.2. The maximum absolute atomic E-state index is 14.8. The van der Waals surface area contributed by atoms with E-state index >= 15 is 0 Å². The van der Waals surface area contributed by atoms with Gasteiger partial charge in [-0.1, -0.05) is 166 Å². The van der Waals surface area contributed by atoms with Crippen LogP contribution >= 0.6 is 0 Å². The van der Waals surface area contributed by atoms with Crippen molar-refractivity contribution in [1.82, 2.24) is 0 Å². The molecule has 4 aromatic carbocycles. The van der Waals surface area contributed by atoms with E-state index in [0.29, 0.717) is 38.9 Å². The fourth-order valence-corrected chi connectivity index (χ4v) is 16.8. The molecule has 0 saturated carbocycles. The van der Waals surface area contributed by atoms with Crippen molar-refractivity contribution in [2.24, 2.45) is 17.8 Å². The number of aliphatic hydroxyl groups is 1. The van der Waals surface area contributed by atoms with E-state index in [1.54, 1.807) is 85.8 Å². The van der Waals surface area contributed by atoms with Crippen LogP contribution in [-0.4, -0.2) is 267 Å². The van der Waals surface area contributed by atoms with Gasteiger partial charge < -0.3 is 109 Å². The van der Waals surface area contributed by atoms with Crippen molar-refractivity contribution in [1.29, 1.82) is 0 Å². The number of carbonyl (C=O) groups is 7. The number of unbranched alkanes of at least 4 members (excludes halogenated alkanes) is 5. The number of esters is 4. The van der Waals surface area contributed by atoms with Crippen LogP contribution in [0.3, 0.4) is 0 Å². The molecular weight excluding hydrogens is 1600 g/mol. The fourth-order valence-electron chi connectivity index (χ4n) is 16.8. The second-order valence-corrected chi connectivity index (χ2v) is 32.5. The van der Waals surface area contributed by atoms with Gasteiger partial charge in [0.05, 0.1) is 47.2 Å². The lowest BCUT2D eigenvalue weighted by molar-refractivity contribution is -0.387. The number of ether oxygens (including phenoxy) is 22. The Bertz CT molecular complexity index is 3860. The van der Waals surface area contributed by atoms with Crippen molar-refractivity contribution in [3.05, 3.63) is 144 Å². The van der Waals surface area contributed by atoms with Crippen LogP contribution < -0.4 is 0 Å². The Morgan fingerprint density at radius 2 is 0.659 bits per heavy atom. The highest BCUT2D eigenvalue weighted by atomic mass is 16.8. The Balaban J connectivity index is 0.945. The highest BCUT2D eigenvalue weighted by molar-refractivity contribution is 5.91. The van der Waals surface area contributed by atoms with Crippen molar-refractivity contribution >= 4 is 41.2 Å². The molecule has 0 aromatic heterocycles. The molecule has 6 fully saturated rings. The molecule has 0 aliphatic carbocycles. The summed E-state index contributed by atoms with van der Waals surface area (Å²) in [6.45, 7) is 21.3. The molecule has 6 aliphatic heterocycles. The molecule has 30 atom stereocenters. The van der Waals surface area contributed by atoms with E-state index in [0.717, 1.165) is 44.9 Å². The first-order valence-electron chi connectivity index (χ1n) is 43.8. The zero-order valence-electron chi connectivity index (χ0n) is 73.7. The van der Waals surface area contributed by atoms with Crippen molar-refractivity contribution in [2.75, 3.05) is 54.4 Å². The van der Waals surface area contributed by atoms with E-state index < -0.39 is 232 Å². The second kappa shape index (κ2) is 48.8. The number of benzene rings is 4. The minimum Gasteiger partial charge on any atom is -0.463 e. The summed E-state index contributed by atoms with van der Waals surface area (Å²) < 4.78 is 147. The Hall–Kier alpha value is -6.99. The third-order valence-electron chi connectivity index (χ3n) is 23.6. The summed E-state index contributed by atoms with van der Waals surface area (Å²) in [5.41, 5.74) is 1.78. The standard InChI is InChI=1S/C93H130O30/c1-16-21-48-105-71-53(6)68(64(19-4)110-88(71)108-51-38-28-31-41-60-39-29-24-30-40-60)116-92-83(114-86(100)62-44-34-26-35-45-62)78(103-14)80(75(120-92)57(10)95)122-89-72(106-49-22-17-2)54(7)69(65(20-5)111-89)117-93-84(115-87(101)63-46-36-27-37-47-63)79(104-15)81(76(121-93)58(11)96)123-90-73(107-50-23-18-3)55(8)70(66(112-90)52-109-59(12)97)118-91-82(113-85(99)61-42-32-25-33-43-61)77(102-13)67(98)74(119-91)56(9)94/h24-27,29-30,32-37,39-40,42-47,53-55,64-84,88-93,98H,16-23,28,31,38,41,48-52H2,1-15H3/t53-,54-,55-,64?,65?,66?,67-,68-,69-,70-,71?,72?,73?,74?,75?,76?,77+,78+,79+,80-,81-,82?,83?,84?,88?,89-,90-,91+,92+,93+/m0/s1. The predicted molar refractivity (Wildman–Crippen MR) is 442 cm³/mol. The summed E-state index contributed by atoms with van der Waals surface area (Å²) in [6.07, 6.45) is -26.3. The van der Waals surface area contributed by atoms with Gasteiger partial charge in [0.2, 0.25) is 0 Å². The molecular formula is C93H130O30. The Kier molecular flexibility index (Phi) is 39.0. The molecule has 0 radical (unpaired) electrons. The number of methoxy groups -OCH3 is 3. The molecule has 0 amide bonds. The Morgan fingerprint density at radius 3 is 1.02 bits per heavy atom. The number of aryl methyl sites for hydroxylation is 1. The lowest BCUT2D eigenvalue weighted by atomic mass is 9.88. The van der Waals surface area contributed by atoms with Gasteiger partial charge in [0.15, 0.2) is 73.4 Å². The molecule has 30 heteroatoms. The van der Waals surface area contributed by atoms with Crippen molar-refractivity contribution in [2.45, 2.75) is 326 Å². The van der Waals surface area contributed by atoms with Crippen molar-refractivity contribution in [3.63, 3.8) is 0 Å². The average Bonchev–Trinajstić information content (AvgIpc) is 0.766. The molecule has 123 heavy (non-hydrogen) atoms. The molecule has 6 aliphatic rings. The van der Waals surface area contributed by atoms with Crippen LogP contribution in [-0.2, 0) is 130 Å². The maximum atomic E-state index is 14.8. The third-order valence-corrected chi connectivity index (χ3v) is 23.6. The highest BCUT2D eigenvalue weighted by Gasteiger charge is 2.61. The fraction of sp³-hybridized carbons (Fsp3) is 0.667. The lowest BCUT2D eigenvalue weighted by Crippen LogP contribution is -2.68. The molecule has 6 saturated heterocycles. The molecule has 682 valence electrons. The lowest BCUT2D eigenvalue weighted by Gasteiger charge is -2.52. The van der Waals surface area contributed by atoms with Gasteiger partial charge in [-0.3, -0.25) is 19.2 Å². The van der Waals surface area contributed by atoms with Gasteiger partial charge in [-0.05, 0) is 114 Å². The van der Waals surface area contributed by atoms with Gasteiger partial charge in [-0.25, -0.2) is 14.4 Å². The van der Waals surface area contributed by atoms with Gasteiger partial charge in [0.25, 0.3) is 0 Å². The second-order valence-electron chi connectivity index (χ2n) is 32.5. The predicted octanol–water partition coefficient (Wildman–Crippen LogP) is 11.4. The molecule has 13 unspecified atom stereocenters. The number of aliphatic hydroxyl groups excluding tert-OH is 1. The number of hydrogen-bond acceptors (Lipinski definition) is 30. The number of Topliss-reactive ketones (excluding diaryl/α,β-unsaturated/α-hetero) is 3. The highest BCUT2D eigenvalue weighted by Crippen LogP contribution is 2.44. The Morgan fingerprint density at radius 1 is 0.333 bits per heavy atom. The number of ketones is 3. The molecule has 0 spiro atoms. The monoisotopic (exact) mass is 1730 g/mol. The quantitative estimate of drug-likeness (QED) is 0.0244. The first-order chi connectivity index (χ1) is 59.4. The Labute approximate surface area is 722 Å². The summed E-state index contributed by atoms with van der Waals surface area (Å²) >= 11 is 0. The van der Waals surface area contributed by atoms with E-state index in [4.69, 9.17) is 104 Å². The topological polar surface area (TPSA) is 343 Å². The molecule has 6 heterocycles. The van der Waals surface area contributed by atoms with Crippen LogP contribution in [0.25, 0.3) is 0 Å². The molecule has 30 nitrogen and oxygen atoms in total. The van der Waals surface area contributed by atoms with Crippen LogP contribution in [0.1, 0.15) is 190 Å². The zero-order chi connectivity index (χ0) is 88.4. The third kappa shape index (κ3) is 25.5. The first-order valence-corrected chi connectivity index (χ1v) is 43.8. The van der Waals surface area contributed by atoms with Gasteiger partial charge in [0.1, 0.15) is 86.0 Å². The van der Waals surface area contributed by atoms with Crippen molar-refractivity contribution in [3.8, 4) is 0 Å². The maximum Gasteiger partial charge on any atom is 0.338 e. The van der Waals surface area contributed by atoms with Gasteiger partial charge in [0, 0.05) is 72.4 Å². The summed E-state index contributed by atoms with van der Waals surface area (Å²) in [5, 5.41) is 11.6. The number of carbonyl (C=O) groups excluding carboxylic acids is 7. The SMILES string of the molecule is CCCCOC1C(OCCCCCc2ccccc2)OC(CC)[C@@H](O[C@@H]2OC(C(C)=O)[C@H](O[C@@H]3OC(CC)[C@@H](O[C@@H]4OC(C(C)=O)[C@H](O[C@@H]5OC(COC(C)=O)[C@@H](O[C@@H]6OC(C(C)=O)[C@H](O)[C@@H](OC)C6OC(=O)c6ccccc6)[C@H](C)C5OCCCC)[C@@H](OC)C4OC(=O)c4ccccc4)[C@H](C)C3OCCCC)[C@@H](OC)C2OC(=O)c2ccccc2)[C@@H]1C. The van der Waals surface area contributed by atoms with E-state index in [1.807, 2.05) is 59.7 Å². The molecule has 4 aromatic rings. The van der Waals surface area contributed by atoms with Crippen LogP contribution in [0.4, 0.5) is 0 Å². The van der Waals surface area contributed by atoms with E-state index in [9.17, 15) is 38.7 Å². The van der Waals surface area contributed by atoms with E-state index in [-0.39, 0.29) is 36.3 Å². The number of rotatable bonds is 45. The summed E-state index contributed by atoms with van der Waals surface area (Å²) in [5.74, 6) is -6.81. The van der Waals surface area contributed by atoms with Gasteiger partial charge in [-0.2, -0.15) is 0 Å². The molecule has 1 N–H and O–H groups in total. The molecule has 0 bridgehead atoms. The minimum absolute atomic E-state index is 0.129. The summed E-state index contributed by atoms with van der Waals surface area (Å²) in [4.78, 5) is 98.7. The molecule has 10 rings (SSSR count). The van der Waals surface area contributed by atoms with E-state index in [1.165, 1.54) is 66.7 Å². The normalized spacial score (nSPS) is 34.0. The summed E-state index contributed by atoms with van der Waals surface area (Å²) in [6, 6.07) is 35.0. The largest absolute Gasteiger partial charge is 0.463 e.